The molecule has 0 aliphatic rings. The molecule has 0 atom stereocenters. The molecule has 0 bridgehead atoms. The van der Waals surface area contributed by atoms with Crippen LogP contribution in [-0.4, -0.2) is 51.1 Å². The van der Waals surface area contributed by atoms with Crippen LogP contribution in [-0.2, 0) is 20.6 Å². The molecule has 1 aromatic carbocycles. The van der Waals surface area contributed by atoms with Gasteiger partial charge in [0.25, 0.3) is 5.56 Å². The number of nitrogens with zero attached hydrogens (tertiary/aromatic N) is 5. The van der Waals surface area contributed by atoms with E-state index in [0.717, 1.165) is 10.1 Å². The smallest absolute Gasteiger partial charge is 0.332 e. The molecule has 2 heterocycles. The van der Waals surface area contributed by atoms with Gasteiger partial charge in [-0.15, -0.1) is 0 Å². The lowest BCUT2D eigenvalue weighted by molar-refractivity contribution is 0.303. The van der Waals surface area contributed by atoms with E-state index in [-0.39, 0.29) is 24.3 Å². The summed E-state index contributed by atoms with van der Waals surface area (Å²) in [5.41, 5.74) is 0.372. The topological polar surface area (TPSA) is 94.5 Å². The van der Waals surface area contributed by atoms with E-state index in [1.165, 1.54) is 11.6 Å². The molecule has 0 aliphatic heterocycles. The summed E-state index contributed by atoms with van der Waals surface area (Å²) in [5.74, 6) is 1.08. The minimum absolute atomic E-state index is 0.0867. The molecule has 1 N–H and O–H groups in total. The number of anilines is 1. The quantitative estimate of drug-likeness (QED) is 0.642. The molecule has 0 fully saturated rings. The highest BCUT2D eigenvalue weighted by Crippen LogP contribution is 2.26. The van der Waals surface area contributed by atoms with Gasteiger partial charge in [-0.1, -0.05) is 11.6 Å². The fraction of sp³-hybridized carbons (Fsp3) is 0.389. The molecule has 150 valence electrons. The summed E-state index contributed by atoms with van der Waals surface area (Å²) in [6.45, 7) is 0.463. The second-order valence-electron chi connectivity index (χ2n) is 6.48. The van der Waals surface area contributed by atoms with Crippen molar-refractivity contribution in [2.75, 3.05) is 32.2 Å². The van der Waals surface area contributed by atoms with Crippen LogP contribution in [0.15, 0.2) is 27.8 Å². The number of aromatic nitrogens is 4. The Kier molecular flexibility index (Phi) is 5.48. The molecule has 10 heteroatoms. The number of fused-ring (bicyclic) bond motifs is 1. The van der Waals surface area contributed by atoms with Gasteiger partial charge in [0.1, 0.15) is 5.75 Å². The minimum atomic E-state index is -0.460. The number of methoxy groups -OCH3 is 1. The Hall–Kier alpha value is -2.78. The third kappa shape index (κ3) is 3.27. The third-order valence-electron chi connectivity index (χ3n) is 4.69. The number of hydrogen-bond acceptors (Lipinski definition) is 6. The van der Waals surface area contributed by atoms with Crippen molar-refractivity contribution < 1.29 is 9.84 Å². The first kappa shape index (κ1) is 20.0. The Morgan fingerprint density at radius 3 is 2.61 bits per heavy atom. The summed E-state index contributed by atoms with van der Waals surface area (Å²) in [7, 11) is 6.31. The molecule has 0 spiro atoms. The number of aryl methyl sites for hydroxylation is 1. The van der Waals surface area contributed by atoms with E-state index in [0.29, 0.717) is 23.3 Å². The van der Waals surface area contributed by atoms with Crippen LogP contribution in [0.2, 0.25) is 5.02 Å². The highest BCUT2D eigenvalue weighted by atomic mass is 35.5. The molecule has 0 amide bonds. The normalized spacial score (nSPS) is 11.2. The fourth-order valence-corrected chi connectivity index (χ4v) is 3.27. The van der Waals surface area contributed by atoms with Gasteiger partial charge in [-0.2, -0.15) is 4.98 Å². The highest BCUT2D eigenvalue weighted by Gasteiger charge is 2.22. The minimum Gasteiger partial charge on any atom is -0.497 e. The Morgan fingerprint density at radius 1 is 1.25 bits per heavy atom. The fourth-order valence-electron chi connectivity index (χ4n) is 3.10. The number of likely N-dealkylation sites (N-methyl/N-ethyl adjacent to an activating group) is 1. The van der Waals surface area contributed by atoms with Crippen LogP contribution in [0.4, 0.5) is 5.95 Å². The standard InChI is InChI=1S/C18H22ClN5O4/c1-21(7-8-25)17-20-15-14(16(26)23(3)18(27)22(15)2)24(17)10-11-9-12(28-4)5-6-13(11)19/h5-6,9,25H,7-8,10H2,1-4H3. The van der Waals surface area contributed by atoms with Gasteiger partial charge in [-0.3, -0.25) is 18.5 Å². The van der Waals surface area contributed by atoms with Crippen molar-refractivity contribution in [3.8, 4) is 5.75 Å². The van der Waals surface area contributed by atoms with Crippen LogP contribution in [0.25, 0.3) is 11.2 Å². The van der Waals surface area contributed by atoms with Gasteiger partial charge in [0.15, 0.2) is 11.2 Å². The first-order valence-electron chi connectivity index (χ1n) is 8.60. The van der Waals surface area contributed by atoms with Gasteiger partial charge < -0.3 is 14.7 Å². The van der Waals surface area contributed by atoms with Crippen molar-refractivity contribution in [2.24, 2.45) is 14.1 Å². The molecule has 0 saturated carbocycles. The average Bonchev–Trinajstić information content (AvgIpc) is 3.06. The number of rotatable bonds is 6. The molecule has 0 aliphatic carbocycles. The summed E-state index contributed by atoms with van der Waals surface area (Å²) in [6.07, 6.45) is 0. The summed E-state index contributed by atoms with van der Waals surface area (Å²) in [5, 5.41) is 9.84. The number of benzene rings is 1. The Labute approximate surface area is 166 Å². The van der Waals surface area contributed by atoms with Crippen LogP contribution < -0.4 is 20.9 Å². The third-order valence-corrected chi connectivity index (χ3v) is 5.05. The zero-order chi connectivity index (χ0) is 20.6. The molecular weight excluding hydrogens is 386 g/mol. The van der Waals surface area contributed by atoms with E-state index in [1.54, 1.807) is 48.9 Å². The van der Waals surface area contributed by atoms with E-state index in [1.807, 2.05) is 0 Å². The van der Waals surface area contributed by atoms with Gasteiger partial charge in [-0.25, -0.2) is 4.79 Å². The molecule has 9 nitrogen and oxygen atoms in total. The molecule has 2 aromatic heterocycles. The lowest BCUT2D eigenvalue weighted by atomic mass is 10.2. The lowest BCUT2D eigenvalue weighted by Gasteiger charge is -2.19. The molecule has 28 heavy (non-hydrogen) atoms. The number of aliphatic hydroxyl groups is 1. The summed E-state index contributed by atoms with van der Waals surface area (Å²) in [6, 6.07) is 5.26. The van der Waals surface area contributed by atoms with Crippen molar-refractivity contribution in [1.29, 1.82) is 0 Å². The van der Waals surface area contributed by atoms with Gasteiger partial charge in [0, 0.05) is 32.7 Å². The van der Waals surface area contributed by atoms with Crippen molar-refractivity contribution in [3.05, 3.63) is 49.6 Å². The molecule has 0 unspecified atom stereocenters. The summed E-state index contributed by atoms with van der Waals surface area (Å²) in [4.78, 5) is 31.4. The van der Waals surface area contributed by atoms with Crippen LogP contribution in [0, 0.1) is 0 Å². The predicted octanol–water partition coefficient (Wildman–Crippen LogP) is 0.572. The van der Waals surface area contributed by atoms with Crippen LogP contribution in [0.1, 0.15) is 5.56 Å². The summed E-state index contributed by atoms with van der Waals surface area (Å²) < 4.78 is 9.35. The summed E-state index contributed by atoms with van der Waals surface area (Å²) >= 11 is 6.36. The molecule has 3 rings (SSSR count). The molecule has 0 saturated heterocycles. The Morgan fingerprint density at radius 2 is 1.96 bits per heavy atom. The van der Waals surface area contributed by atoms with Crippen LogP contribution in [0.5, 0.6) is 5.75 Å². The van der Waals surface area contributed by atoms with E-state index >= 15 is 0 Å². The first-order valence-corrected chi connectivity index (χ1v) is 8.98. The van der Waals surface area contributed by atoms with Gasteiger partial charge in [-0.05, 0) is 23.8 Å². The first-order chi connectivity index (χ1) is 13.3. The van der Waals surface area contributed by atoms with Gasteiger partial charge in [0.2, 0.25) is 5.95 Å². The zero-order valence-corrected chi connectivity index (χ0v) is 16.9. The zero-order valence-electron chi connectivity index (χ0n) is 16.1. The largest absolute Gasteiger partial charge is 0.497 e. The van der Waals surface area contributed by atoms with Crippen molar-refractivity contribution in [3.63, 3.8) is 0 Å². The SMILES string of the molecule is COc1ccc(Cl)c(Cn2c(N(C)CCO)nc3c2c(=O)n(C)c(=O)n3C)c1. The highest BCUT2D eigenvalue weighted by molar-refractivity contribution is 6.31. The lowest BCUT2D eigenvalue weighted by Crippen LogP contribution is -2.37. The van der Waals surface area contributed by atoms with E-state index in [9.17, 15) is 14.7 Å². The second-order valence-corrected chi connectivity index (χ2v) is 6.89. The van der Waals surface area contributed by atoms with Crippen LogP contribution in [0.3, 0.4) is 0 Å². The van der Waals surface area contributed by atoms with Gasteiger partial charge >= 0.3 is 5.69 Å². The number of ether oxygens (including phenoxy) is 1. The second kappa shape index (κ2) is 7.69. The van der Waals surface area contributed by atoms with Crippen LogP contribution >= 0.6 is 11.6 Å². The van der Waals surface area contributed by atoms with Crippen molar-refractivity contribution >= 4 is 28.7 Å². The van der Waals surface area contributed by atoms with Crippen molar-refractivity contribution in [1.82, 2.24) is 18.7 Å². The van der Waals surface area contributed by atoms with Crippen molar-refractivity contribution in [2.45, 2.75) is 6.54 Å². The van der Waals surface area contributed by atoms with E-state index in [2.05, 4.69) is 4.98 Å². The number of hydrogen-bond donors (Lipinski definition) is 1. The molecule has 0 radical (unpaired) electrons. The number of aliphatic hydroxyl groups excluding tert-OH is 1. The Bertz CT molecular complexity index is 1150. The monoisotopic (exact) mass is 407 g/mol. The maximum atomic E-state index is 12.9. The van der Waals surface area contributed by atoms with E-state index < -0.39 is 11.2 Å². The number of halogens is 1. The Balaban J connectivity index is 2.31. The molecule has 3 aromatic rings. The van der Waals surface area contributed by atoms with Gasteiger partial charge in [0.05, 0.1) is 20.3 Å². The van der Waals surface area contributed by atoms with E-state index in [4.69, 9.17) is 16.3 Å². The maximum absolute atomic E-state index is 12.9. The molecular formula is C18H22ClN5O4. The maximum Gasteiger partial charge on any atom is 0.332 e. The average molecular weight is 408 g/mol. The predicted molar refractivity (Wildman–Crippen MR) is 108 cm³/mol. The number of imidazole rings is 1.